The maximum absolute atomic E-state index is 12.6. The zero-order valence-electron chi connectivity index (χ0n) is 11.7. The summed E-state index contributed by atoms with van der Waals surface area (Å²) in [5, 5.41) is 9.16. The maximum Gasteiger partial charge on any atom is 0.196 e. The van der Waals surface area contributed by atoms with Crippen LogP contribution in [0.5, 0.6) is 11.5 Å². The molecule has 0 aliphatic rings. The third-order valence-corrected chi connectivity index (χ3v) is 3.32. The van der Waals surface area contributed by atoms with E-state index in [-0.39, 0.29) is 5.43 Å². The van der Waals surface area contributed by atoms with E-state index < -0.39 is 0 Å². The lowest BCUT2D eigenvalue weighted by atomic mass is 10.0. The molecule has 5 heteroatoms. The Hall–Kier alpha value is -2.48. The Morgan fingerprint density at radius 1 is 1.25 bits per heavy atom. The number of aromatic amines is 1. The number of nitriles is 1. The van der Waals surface area contributed by atoms with Crippen LogP contribution in [-0.2, 0) is 6.42 Å². The van der Waals surface area contributed by atoms with Gasteiger partial charge in [-0.2, -0.15) is 5.26 Å². The van der Waals surface area contributed by atoms with Gasteiger partial charge in [0.2, 0.25) is 0 Å². The van der Waals surface area contributed by atoms with Gasteiger partial charge < -0.3 is 14.5 Å². The molecule has 5 nitrogen and oxygen atoms in total. The van der Waals surface area contributed by atoms with Gasteiger partial charge in [-0.15, -0.1) is 0 Å². The minimum atomic E-state index is -0.109. The fraction of sp³-hybridized carbons (Fsp3) is 0.333. The van der Waals surface area contributed by atoms with Crippen molar-refractivity contribution in [1.29, 1.82) is 5.26 Å². The molecule has 1 N–H and O–H groups in total. The molecule has 0 bridgehead atoms. The van der Waals surface area contributed by atoms with Gasteiger partial charge >= 0.3 is 0 Å². The average molecular weight is 272 g/mol. The molecule has 1 aromatic carbocycles. The number of H-pyrrole nitrogens is 1. The van der Waals surface area contributed by atoms with Crippen LogP contribution < -0.4 is 14.9 Å². The van der Waals surface area contributed by atoms with Gasteiger partial charge in [-0.3, -0.25) is 4.79 Å². The quantitative estimate of drug-likeness (QED) is 0.926. The molecular formula is C15H16N2O3. The Labute approximate surface area is 116 Å². The minimum absolute atomic E-state index is 0.109. The van der Waals surface area contributed by atoms with Crippen LogP contribution in [0.25, 0.3) is 10.9 Å². The predicted octanol–water partition coefficient (Wildman–Crippen LogP) is 2.31. The molecular weight excluding hydrogens is 256 g/mol. The van der Waals surface area contributed by atoms with Crippen LogP contribution in [-0.4, -0.2) is 19.2 Å². The van der Waals surface area contributed by atoms with E-state index >= 15 is 0 Å². The van der Waals surface area contributed by atoms with Crippen LogP contribution in [0.4, 0.5) is 0 Å². The second-order valence-electron chi connectivity index (χ2n) is 4.44. The first-order valence-corrected chi connectivity index (χ1v) is 6.27. The highest BCUT2D eigenvalue weighted by Crippen LogP contribution is 2.30. The summed E-state index contributed by atoms with van der Waals surface area (Å²) in [7, 11) is 3.08. The summed E-state index contributed by atoms with van der Waals surface area (Å²) >= 11 is 0. The van der Waals surface area contributed by atoms with Gasteiger partial charge in [0.1, 0.15) is 11.5 Å². The number of ether oxygens (including phenoxy) is 2. The van der Waals surface area contributed by atoms with Crippen molar-refractivity contribution in [3.63, 3.8) is 0 Å². The fourth-order valence-corrected chi connectivity index (χ4v) is 2.32. The average Bonchev–Trinajstić information content (AvgIpc) is 2.45. The monoisotopic (exact) mass is 272 g/mol. The van der Waals surface area contributed by atoms with Crippen molar-refractivity contribution < 1.29 is 9.47 Å². The summed E-state index contributed by atoms with van der Waals surface area (Å²) in [5.41, 5.74) is 1.88. The summed E-state index contributed by atoms with van der Waals surface area (Å²) in [4.78, 5) is 15.8. The van der Waals surface area contributed by atoms with E-state index in [0.29, 0.717) is 40.8 Å². The van der Waals surface area contributed by atoms with Gasteiger partial charge in [-0.1, -0.05) is 0 Å². The van der Waals surface area contributed by atoms with Crippen molar-refractivity contribution >= 4 is 10.9 Å². The molecule has 0 radical (unpaired) electrons. The highest BCUT2D eigenvalue weighted by Gasteiger charge is 2.16. The molecule has 0 fully saturated rings. The Kier molecular flexibility index (Phi) is 3.94. The van der Waals surface area contributed by atoms with E-state index in [1.165, 1.54) is 7.11 Å². The molecule has 0 spiro atoms. The lowest BCUT2D eigenvalue weighted by molar-refractivity contribution is 0.409. The van der Waals surface area contributed by atoms with Crippen LogP contribution in [0.1, 0.15) is 17.7 Å². The van der Waals surface area contributed by atoms with Gasteiger partial charge in [0.15, 0.2) is 5.43 Å². The number of benzene rings is 1. The second kappa shape index (κ2) is 5.66. The summed E-state index contributed by atoms with van der Waals surface area (Å²) in [6.45, 7) is 1.83. The maximum atomic E-state index is 12.6. The van der Waals surface area contributed by atoms with Gasteiger partial charge in [-0.25, -0.2) is 0 Å². The molecule has 0 amide bonds. The van der Waals surface area contributed by atoms with Crippen LogP contribution in [0, 0.1) is 18.3 Å². The number of aryl methyl sites for hydroxylation is 1. The molecule has 2 rings (SSSR count). The van der Waals surface area contributed by atoms with Gasteiger partial charge in [0, 0.05) is 17.7 Å². The molecule has 0 aliphatic heterocycles. The number of fused-ring (bicyclic) bond motifs is 1. The lowest BCUT2D eigenvalue weighted by Gasteiger charge is -2.12. The predicted molar refractivity (Wildman–Crippen MR) is 76.3 cm³/mol. The third kappa shape index (κ3) is 2.21. The Bertz CT molecular complexity index is 741. The normalized spacial score (nSPS) is 10.3. The molecule has 0 saturated carbocycles. The number of pyridine rings is 1. The fourth-order valence-electron chi connectivity index (χ4n) is 2.32. The Morgan fingerprint density at radius 2 is 1.90 bits per heavy atom. The Morgan fingerprint density at radius 3 is 2.50 bits per heavy atom. The van der Waals surface area contributed by atoms with Crippen molar-refractivity contribution in [3.05, 3.63) is 33.6 Å². The molecule has 2 aromatic rings. The first-order valence-electron chi connectivity index (χ1n) is 6.27. The number of hydrogen-bond donors (Lipinski definition) is 1. The van der Waals surface area contributed by atoms with Crippen LogP contribution in [0.2, 0.25) is 0 Å². The topological polar surface area (TPSA) is 75.1 Å². The lowest BCUT2D eigenvalue weighted by Crippen LogP contribution is -2.14. The molecule has 1 aromatic heterocycles. The number of nitrogens with zero attached hydrogens (tertiary/aromatic N) is 1. The Balaban J connectivity index is 2.83. The van der Waals surface area contributed by atoms with Crippen molar-refractivity contribution in [1.82, 2.24) is 4.98 Å². The first kappa shape index (κ1) is 13.9. The molecule has 0 unspecified atom stereocenters. The molecule has 104 valence electrons. The largest absolute Gasteiger partial charge is 0.496 e. The number of rotatable bonds is 4. The molecule has 1 heterocycles. The van der Waals surface area contributed by atoms with Crippen molar-refractivity contribution in [2.75, 3.05) is 14.2 Å². The van der Waals surface area contributed by atoms with Crippen molar-refractivity contribution in [3.8, 4) is 17.6 Å². The van der Waals surface area contributed by atoms with E-state index in [9.17, 15) is 4.79 Å². The number of hydrogen-bond acceptors (Lipinski definition) is 4. The van der Waals surface area contributed by atoms with Crippen molar-refractivity contribution in [2.45, 2.75) is 19.8 Å². The van der Waals surface area contributed by atoms with E-state index in [2.05, 4.69) is 11.1 Å². The molecule has 0 atom stereocenters. The highest BCUT2D eigenvalue weighted by atomic mass is 16.5. The standard InChI is InChI=1S/C15H16N2O3/c1-9-10(5-4-8-16)15(18)13-11(19-2)6-7-12(20-3)14(13)17-9/h6-7H,4-5H2,1-3H3,(H,17,18). The van der Waals surface area contributed by atoms with Gasteiger partial charge in [0.25, 0.3) is 0 Å². The zero-order valence-corrected chi connectivity index (χ0v) is 11.7. The number of methoxy groups -OCH3 is 2. The minimum Gasteiger partial charge on any atom is -0.496 e. The zero-order chi connectivity index (χ0) is 14.7. The van der Waals surface area contributed by atoms with E-state index in [0.717, 1.165) is 5.69 Å². The first-order chi connectivity index (χ1) is 9.63. The highest BCUT2D eigenvalue weighted by molar-refractivity contribution is 5.90. The van der Waals surface area contributed by atoms with Crippen LogP contribution >= 0.6 is 0 Å². The van der Waals surface area contributed by atoms with Crippen LogP contribution in [0.15, 0.2) is 16.9 Å². The van der Waals surface area contributed by atoms with E-state index in [4.69, 9.17) is 14.7 Å². The molecule has 0 aliphatic carbocycles. The molecule has 20 heavy (non-hydrogen) atoms. The smallest absolute Gasteiger partial charge is 0.196 e. The van der Waals surface area contributed by atoms with Crippen LogP contribution in [0.3, 0.4) is 0 Å². The van der Waals surface area contributed by atoms with Gasteiger partial charge in [0.05, 0.1) is 31.2 Å². The summed E-state index contributed by atoms with van der Waals surface area (Å²) in [6.07, 6.45) is 0.732. The number of aromatic nitrogens is 1. The SMILES string of the molecule is COc1ccc(OC)c2c(=O)c(CCC#N)c(C)[nH]c12. The summed E-state index contributed by atoms with van der Waals surface area (Å²) < 4.78 is 10.5. The van der Waals surface area contributed by atoms with Gasteiger partial charge in [-0.05, 0) is 25.5 Å². The summed E-state index contributed by atoms with van der Waals surface area (Å²) in [5.74, 6) is 1.09. The number of nitrogens with one attached hydrogen (secondary N) is 1. The van der Waals surface area contributed by atoms with Crippen molar-refractivity contribution in [2.24, 2.45) is 0 Å². The summed E-state index contributed by atoms with van der Waals surface area (Å²) in [6, 6.07) is 5.52. The van der Waals surface area contributed by atoms with E-state index in [1.54, 1.807) is 19.2 Å². The second-order valence-corrected chi connectivity index (χ2v) is 4.44. The molecule has 0 saturated heterocycles. The third-order valence-electron chi connectivity index (χ3n) is 3.32. The van der Waals surface area contributed by atoms with E-state index in [1.807, 2.05) is 6.92 Å².